The second kappa shape index (κ2) is 39.5. The fourth-order valence-corrected chi connectivity index (χ4v) is 2.28. The van der Waals surface area contributed by atoms with Crippen molar-refractivity contribution in [2.24, 2.45) is 17.3 Å². The van der Waals surface area contributed by atoms with Crippen LogP contribution in [-0.2, 0) is 0 Å². The van der Waals surface area contributed by atoms with E-state index in [-0.39, 0.29) is 0 Å². The quantitative estimate of drug-likeness (QED) is 0.432. The van der Waals surface area contributed by atoms with Gasteiger partial charge in [-0.05, 0) is 23.7 Å². The summed E-state index contributed by atoms with van der Waals surface area (Å²) < 4.78 is 0. The molecule has 1 rings (SSSR count). The topological polar surface area (TPSA) is 0 Å². The van der Waals surface area contributed by atoms with E-state index in [1.807, 2.05) is 41.5 Å². The maximum absolute atomic E-state index is 3.00. The third-order valence-electron chi connectivity index (χ3n) is 4.19. The molecule has 0 aromatic rings. The van der Waals surface area contributed by atoms with Gasteiger partial charge in [0.05, 0.1) is 0 Å². The fraction of sp³-hybridized carbons (Fsp3) is 0.846. The van der Waals surface area contributed by atoms with Gasteiger partial charge in [0.2, 0.25) is 0 Å². The molecule has 0 radical (unpaired) electrons. The molecule has 0 nitrogen and oxygen atoms in total. The van der Waals surface area contributed by atoms with Crippen LogP contribution in [0.5, 0.6) is 0 Å². The second-order valence-corrected chi connectivity index (χ2v) is 6.63. The first kappa shape index (κ1) is 40.2. The van der Waals surface area contributed by atoms with Gasteiger partial charge >= 0.3 is 0 Å². The Hall–Kier alpha value is -0.520. The van der Waals surface area contributed by atoms with Crippen LogP contribution >= 0.6 is 0 Å². The smallest absolute Gasteiger partial charge is 0.0357 e. The molecular weight excluding hydrogens is 312 g/mol. The van der Waals surface area contributed by atoms with Gasteiger partial charge in [-0.1, -0.05) is 122 Å². The van der Waals surface area contributed by atoms with Gasteiger partial charge in [-0.3, -0.25) is 0 Å². The Morgan fingerprint density at radius 1 is 0.654 bits per heavy atom. The summed E-state index contributed by atoms with van der Waals surface area (Å²) in [6.07, 6.45) is 9.88. The number of hydrogen-bond donors (Lipinski definition) is 0. The lowest BCUT2D eigenvalue weighted by Crippen LogP contribution is -2.08. The molecule has 164 valence electrons. The Morgan fingerprint density at radius 3 is 1.00 bits per heavy atom. The van der Waals surface area contributed by atoms with Crippen molar-refractivity contribution in [1.29, 1.82) is 0 Å². The molecule has 1 fully saturated rings. The van der Waals surface area contributed by atoms with E-state index in [2.05, 4.69) is 67.9 Å². The average molecular weight is 373 g/mol. The van der Waals surface area contributed by atoms with Crippen LogP contribution in [0.3, 0.4) is 0 Å². The van der Waals surface area contributed by atoms with E-state index < -0.39 is 0 Å². The van der Waals surface area contributed by atoms with Crippen molar-refractivity contribution in [1.82, 2.24) is 0 Å². The molecule has 0 amide bonds. The van der Waals surface area contributed by atoms with Crippen molar-refractivity contribution in [3.8, 4) is 0 Å². The fourth-order valence-electron chi connectivity index (χ4n) is 2.28. The van der Waals surface area contributed by atoms with Gasteiger partial charge in [0.15, 0.2) is 0 Å². The first-order valence-electron chi connectivity index (χ1n) is 11.4. The number of hydrogen-bond acceptors (Lipinski definition) is 0. The molecule has 1 aliphatic rings. The zero-order chi connectivity index (χ0) is 22.6. The molecule has 0 heteroatoms. The van der Waals surface area contributed by atoms with Crippen LogP contribution < -0.4 is 0 Å². The van der Waals surface area contributed by atoms with Crippen LogP contribution in [0.2, 0.25) is 0 Å². The van der Waals surface area contributed by atoms with Gasteiger partial charge in [0.25, 0.3) is 0 Å². The van der Waals surface area contributed by atoms with Crippen LogP contribution in [0.4, 0.5) is 0 Å². The maximum Gasteiger partial charge on any atom is -0.0357 e. The highest BCUT2D eigenvalue weighted by atomic mass is 14.2. The Labute approximate surface area is 172 Å². The predicted molar refractivity (Wildman–Crippen MR) is 132 cm³/mol. The molecule has 0 N–H and O–H groups in total. The highest BCUT2D eigenvalue weighted by Gasteiger charge is 2.13. The standard InChI is InChI=1S/C8H16.C8H18.3C2H6.2C2H4/c1-7-3-5-8(2)6-4-7;1-5-7-8(3,4)6-2;5*1-2/h7-8H,3-6H2,1-2H3;5-7H2,1-4H3;3*1-2H3;2*1-2H2. The summed E-state index contributed by atoms with van der Waals surface area (Å²) in [7, 11) is 0. The molecule has 0 spiro atoms. The summed E-state index contributed by atoms with van der Waals surface area (Å²) in [4.78, 5) is 0. The van der Waals surface area contributed by atoms with Crippen LogP contribution in [-0.4, -0.2) is 0 Å². The van der Waals surface area contributed by atoms with E-state index in [4.69, 9.17) is 0 Å². The monoisotopic (exact) mass is 372 g/mol. The van der Waals surface area contributed by atoms with E-state index in [1.165, 1.54) is 44.9 Å². The van der Waals surface area contributed by atoms with Crippen LogP contribution in [0.1, 0.15) is 128 Å². The zero-order valence-electron chi connectivity index (χ0n) is 21.4. The Morgan fingerprint density at radius 2 is 0.885 bits per heavy atom. The van der Waals surface area contributed by atoms with E-state index >= 15 is 0 Å². The summed E-state index contributed by atoms with van der Waals surface area (Å²) in [6.45, 7) is 37.9. The summed E-state index contributed by atoms with van der Waals surface area (Å²) in [6, 6.07) is 0. The van der Waals surface area contributed by atoms with E-state index in [0.717, 1.165) is 11.8 Å². The molecule has 0 aromatic heterocycles. The Bertz CT molecular complexity index is 160. The highest BCUT2D eigenvalue weighted by molar-refractivity contribution is 4.65. The van der Waals surface area contributed by atoms with Crippen LogP contribution in [0.25, 0.3) is 0 Å². The van der Waals surface area contributed by atoms with Gasteiger partial charge in [0, 0.05) is 0 Å². The molecule has 0 aliphatic heterocycles. The van der Waals surface area contributed by atoms with Crippen molar-refractivity contribution < 1.29 is 0 Å². The first-order valence-corrected chi connectivity index (χ1v) is 11.4. The van der Waals surface area contributed by atoms with Gasteiger partial charge in [-0.25, -0.2) is 0 Å². The molecule has 0 atom stereocenters. The van der Waals surface area contributed by atoms with Crippen molar-refractivity contribution in [2.45, 2.75) is 128 Å². The molecule has 0 heterocycles. The average Bonchev–Trinajstić information content (AvgIpc) is 2.72. The summed E-state index contributed by atoms with van der Waals surface area (Å²) in [5.74, 6) is 2.04. The molecule has 1 saturated carbocycles. The lowest BCUT2D eigenvalue weighted by molar-refractivity contribution is 0.308. The summed E-state index contributed by atoms with van der Waals surface area (Å²) in [5.41, 5.74) is 0.592. The SMILES string of the molecule is C=C.C=C.CC.CC.CC.CC1CCC(C)CC1.CCCC(C)(C)CC. The van der Waals surface area contributed by atoms with Crippen molar-refractivity contribution in [3.05, 3.63) is 26.3 Å². The minimum absolute atomic E-state index is 0.592. The van der Waals surface area contributed by atoms with Gasteiger partial charge in [-0.2, -0.15) is 0 Å². The maximum atomic E-state index is 3.00. The highest BCUT2D eigenvalue weighted by Crippen LogP contribution is 2.27. The third kappa shape index (κ3) is 43.7. The summed E-state index contributed by atoms with van der Waals surface area (Å²) >= 11 is 0. The van der Waals surface area contributed by atoms with Crippen molar-refractivity contribution >= 4 is 0 Å². The minimum atomic E-state index is 0.592. The van der Waals surface area contributed by atoms with Crippen LogP contribution in [0, 0.1) is 17.3 Å². The normalized spacial score (nSPS) is 16.9. The molecule has 1 aliphatic carbocycles. The van der Waals surface area contributed by atoms with Gasteiger partial charge < -0.3 is 0 Å². The second-order valence-electron chi connectivity index (χ2n) is 6.63. The lowest BCUT2D eigenvalue weighted by Gasteiger charge is -2.22. The largest absolute Gasteiger partial charge is 0.106 e. The Balaban J connectivity index is -0.0000000521. The van der Waals surface area contributed by atoms with Crippen molar-refractivity contribution in [2.75, 3.05) is 0 Å². The molecule has 0 unspecified atom stereocenters. The summed E-state index contributed by atoms with van der Waals surface area (Å²) in [5, 5.41) is 0. The third-order valence-corrected chi connectivity index (χ3v) is 4.19. The lowest BCUT2D eigenvalue weighted by atomic mass is 9.84. The van der Waals surface area contributed by atoms with E-state index in [1.54, 1.807) is 0 Å². The number of rotatable bonds is 3. The van der Waals surface area contributed by atoms with Crippen molar-refractivity contribution in [3.63, 3.8) is 0 Å². The van der Waals surface area contributed by atoms with E-state index in [0.29, 0.717) is 5.41 Å². The minimum Gasteiger partial charge on any atom is -0.106 e. The predicted octanol–water partition coefficient (Wildman–Crippen LogP) is 10.7. The van der Waals surface area contributed by atoms with E-state index in [9.17, 15) is 0 Å². The molecule has 0 bridgehead atoms. The molecule has 26 heavy (non-hydrogen) atoms. The van der Waals surface area contributed by atoms with Gasteiger partial charge in [0.1, 0.15) is 0 Å². The van der Waals surface area contributed by atoms with Crippen LogP contribution in [0.15, 0.2) is 26.3 Å². The Kier molecular flexibility index (Phi) is 61.2. The zero-order valence-corrected chi connectivity index (χ0v) is 21.4. The van der Waals surface area contributed by atoms with Gasteiger partial charge in [-0.15, -0.1) is 26.3 Å². The molecule has 0 aromatic carbocycles. The molecular formula is C26H60. The first-order chi connectivity index (χ1) is 12.4. The molecule has 0 saturated heterocycles.